The lowest BCUT2D eigenvalue weighted by Gasteiger charge is -2.14. The first-order chi connectivity index (χ1) is 15.1. The number of nitrogens with zero attached hydrogens (tertiary/aromatic N) is 2. The fourth-order valence-corrected chi connectivity index (χ4v) is 4.40. The van der Waals surface area contributed by atoms with Crippen molar-refractivity contribution >= 4 is 28.3 Å². The highest BCUT2D eigenvalue weighted by atomic mass is 32.1. The summed E-state index contributed by atoms with van der Waals surface area (Å²) in [7, 11) is 0. The largest absolute Gasteiger partial charge is 0.349 e. The Morgan fingerprint density at radius 1 is 1.03 bits per heavy atom. The average molecular weight is 432 g/mol. The molecule has 1 unspecified atom stereocenters. The SMILES string of the molecule is CC(NC(=O)CCc1nc2ccccc2n(CCc2ccccc2)c1=O)c1cccs1. The first kappa shape index (κ1) is 21.0. The van der Waals surface area contributed by atoms with Crippen LogP contribution in [0, 0.1) is 0 Å². The highest BCUT2D eigenvalue weighted by Crippen LogP contribution is 2.18. The summed E-state index contributed by atoms with van der Waals surface area (Å²) in [6.45, 7) is 2.54. The molecule has 0 aliphatic heterocycles. The van der Waals surface area contributed by atoms with Gasteiger partial charge in [-0.3, -0.25) is 9.59 Å². The molecule has 1 amide bonds. The van der Waals surface area contributed by atoms with E-state index in [0.29, 0.717) is 18.7 Å². The molecular weight excluding hydrogens is 406 g/mol. The van der Waals surface area contributed by atoms with Gasteiger partial charge in [-0.1, -0.05) is 48.5 Å². The minimum atomic E-state index is -0.117. The van der Waals surface area contributed by atoms with Crippen LogP contribution in [0.5, 0.6) is 0 Å². The second-order valence-corrected chi connectivity index (χ2v) is 8.52. The van der Waals surface area contributed by atoms with Gasteiger partial charge in [0, 0.05) is 24.3 Å². The third-order valence-corrected chi connectivity index (χ3v) is 6.38. The van der Waals surface area contributed by atoms with E-state index in [1.54, 1.807) is 15.9 Å². The van der Waals surface area contributed by atoms with Crippen molar-refractivity contribution in [1.29, 1.82) is 0 Å². The minimum absolute atomic E-state index is 0.0420. The van der Waals surface area contributed by atoms with Crippen molar-refractivity contribution in [1.82, 2.24) is 14.9 Å². The quantitative estimate of drug-likeness (QED) is 0.446. The molecule has 158 valence electrons. The van der Waals surface area contributed by atoms with Crippen LogP contribution < -0.4 is 10.9 Å². The van der Waals surface area contributed by atoms with E-state index in [1.165, 1.54) is 5.56 Å². The van der Waals surface area contributed by atoms with Gasteiger partial charge in [-0.2, -0.15) is 0 Å². The standard InChI is InChI=1S/C25H25N3O2S/c1-18(23-12-7-17-31-23)26-24(29)14-13-21-25(30)28(16-15-19-8-3-2-4-9-19)22-11-6-5-10-20(22)27-21/h2-12,17-18H,13-16H2,1H3,(H,26,29). The molecule has 2 aromatic carbocycles. The van der Waals surface area contributed by atoms with Gasteiger partial charge in [0.15, 0.2) is 0 Å². The normalized spacial score (nSPS) is 12.0. The smallest absolute Gasteiger partial charge is 0.272 e. The number of rotatable bonds is 8. The summed E-state index contributed by atoms with van der Waals surface area (Å²) in [4.78, 5) is 31.3. The molecule has 6 heteroatoms. The lowest BCUT2D eigenvalue weighted by molar-refractivity contribution is -0.121. The van der Waals surface area contributed by atoms with Crippen LogP contribution in [0.25, 0.3) is 11.0 Å². The van der Waals surface area contributed by atoms with Crippen molar-refractivity contribution in [3.05, 3.63) is 98.6 Å². The number of aryl methyl sites for hydroxylation is 3. The van der Waals surface area contributed by atoms with Gasteiger partial charge in [0.25, 0.3) is 5.56 Å². The summed E-state index contributed by atoms with van der Waals surface area (Å²) in [5, 5.41) is 5.00. The van der Waals surface area contributed by atoms with E-state index in [-0.39, 0.29) is 23.9 Å². The predicted molar refractivity (Wildman–Crippen MR) is 125 cm³/mol. The van der Waals surface area contributed by atoms with Crippen molar-refractivity contribution in [3.63, 3.8) is 0 Å². The van der Waals surface area contributed by atoms with Crippen LogP contribution in [0.1, 0.15) is 35.5 Å². The third-order valence-electron chi connectivity index (χ3n) is 5.32. The van der Waals surface area contributed by atoms with Crippen LogP contribution >= 0.6 is 11.3 Å². The minimum Gasteiger partial charge on any atom is -0.349 e. The number of benzene rings is 2. The number of hydrogen-bond donors (Lipinski definition) is 1. The van der Waals surface area contributed by atoms with Gasteiger partial charge in [0.05, 0.1) is 17.1 Å². The summed E-state index contributed by atoms with van der Waals surface area (Å²) in [6.07, 6.45) is 1.31. The number of hydrogen-bond acceptors (Lipinski definition) is 4. The molecule has 0 spiro atoms. The average Bonchev–Trinajstić information content (AvgIpc) is 3.33. The van der Waals surface area contributed by atoms with Gasteiger partial charge in [0.2, 0.25) is 5.91 Å². The summed E-state index contributed by atoms with van der Waals surface area (Å²) in [6, 6.07) is 21.7. The van der Waals surface area contributed by atoms with Crippen LogP contribution in [-0.4, -0.2) is 15.5 Å². The van der Waals surface area contributed by atoms with Crippen LogP contribution in [0.4, 0.5) is 0 Å². The van der Waals surface area contributed by atoms with Gasteiger partial charge >= 0.3 is 0 Å². The molecule has 0 fully saturated rings. The Labute approximate surface area is 185 Å². The Kier molecular flexibility index (Phi) is 6.57. The van der Waals surface area contributed by atoms with Crippen LogP contribution in [-0.2, 0) is 24.2 Å². The molecular formula is C25H25N3O2S. The molecule has 31 heavy (non-hydrogen) atoms. The molecule has 2 heterocycles. The maximum atomic E-state index is 13.2. The molecule has 0 aliphatic rings. The predicted octanol–water partition coefficient (Wildman–Crippen LogP) is 4.51. The van der Waals surface area contributed by atoms with Gasteiger partial charge in [0.1, 0.15) is 5.69 Å². The second-order valence-electron chi connectivity index (χ2n) is 7.54. The highest BCUT2D eigenvalue weighted by molar-refractivity contribution is 7.10. The molecule has 0 aliphatic carbocycles. The lowest BCUT2D eigenvalue weighted by atomic mass is 10.1. The van der Waals surface area contributed by atoms with Crippen molar-refractivity contribution in [2.45, 2.75) is 38.8 Å². The van der Waals surface area contributed by atoms with E-state index in [4.69, 9.17) is 0 Å². The molecule has 5 nitrogen and oxygen atoms in total. The number of fused-ring (bicyclic) bond motifs is 1. The Morgan fingerprint density at radius 3 is 2.58 bits per heavy atom. The Bertz CT molecular complexity index is 1220. The number of aromatic nitrogens is 2. The van der Waals surface area contributed by atoms with Crippen molar-refractivity contribution < 1.29 is 4.79 Å². The number of thiophene rings is 1. The maximum absolute atomic E-state index is 13.2. The number of nitrogens with one attached hydrogen (secondary N) is 1. The fraction of sp³-hybridized carbons (Fsp3) is 0.240. The van der Waals surface area contributed by atoms with E-state index in [9.17, 15) is 9.59 Å². The van der Waals surface area contributed by atoms with Crippen LogP contribution in [0.3, 0.4) is 0 Å². The van der Waals surface area contributed by atoms with Gasteiger partial charge in [-0.25, -0.2) is 4.98 Å². The van der Waals surface area contributed by atoms with Crippen molar-refractivity contribution in [2.24, 2.45) is 0 Å². The Balaban J connectivity index is 1.51. The zero-order valence-electron chi connectivity index (χ0n) is 17.5. The summed E-state index contributed by atoms with van der Waals surface area (Å²) in [5.74, 6) is -0.0777. The topological polar surface area (TPSA) is 64.0 Å². The molecule has 0 saturated carbocycles. The molecule has 4 aromatic rings. The van der Waals surface area contributed by atoms with Crippen LogP contribution in [0.15, 0.2) is 76.9 Å². The van der Waals surface area contributed by atoms with Gasteiger partial charge < -0.3 is 9.88 Å². The number of amides is 1. The summed E-state index contributed by atoms with van der Waals surface area (Å²) >= 11 is 1.62. The van der Waals surface area contributed by atoms with Crippen molar-refractivity contribution in [2.75, 3.05) is 0 Å². The monoisotopic (exact) mass is 431 g/mol. The molecule has 0 saturated heterocycles. The molecule has 0 bridgehead atoms. The first-order valence-electron chi connectivity index (χ1n) is 10.5. The molecule has 4 rings (SSSR count). The second kappa shape index (κ2) is 9.71. The fourth-order valence-electron chi connectivity index (χ4n) is 3.67. The highest BCUT2D eigenvalue weighted by Gasteiger charge is 2.14. The van der Waals surface area contributed by atoms with E-state index in [2.05, 4.69) is 22.4 Å². The zero-order chi connectivity index (χ0) is 21.6. The Hall–Kier alpha value is -3.25. The molecule has 1 atom stereocenters. The zero-order valence-corrected chi connectivity index (χ0v) is 18.3. The van der Waals surface area contributed by atoms with E-state index in [0.717, 1.165) is 22.3 Å². The number of para-hydroxylation sites is 2. The number of carbonyl (C=O) groups is 1. The van der Waals surface area contributed by atoms with E-state index >= 15 is 0 Å². The lowest BCUT2D eigenvalue weighted by Crippen LogP contribution is -2.29. The summed E-state index contributed by atoms with van der Waals surface area (Å²) in [5.41, 5.74) is 3.10. The van der Waals surface area contributed by atoms with Crippen molar-refractivity contribution in [3.8, 4) is 0 Å². The van der Waals surface area contributed by atoms with Gasteiger partial charge in [-0.05, 0) is 42.5 Å². The third kappa shape index (κ3) is 5.09. The summed E-state index contributed by atoms with van der Waals surface area (Å²) < 4.78 is 1.79. The van der Waals surface area contributed by atoms with E-state index < -0.39 is 0 Å². The van der Waals surface area contributed by atoms with E-state index in [1.807, 2.05) is 66.9 Å². The Morgan fingerprint density at radius 2 is 1.81 bits per heavy atom. The number of carbonyl (C=O) groups excluding carboxylic acids is 1. The maximum Gasteiger partial charge on any atom is 0.272 e. The molecule has 0 radical (unpaired) electrons. The first-order valence-corrected chi connectivity index (χ1v) is 11.3. The molecule has 1 N–H and O–H groups in total. The van der Waals surface area contributed by atoms with Crippen LogP contribution in [0.2, 0.25) is 0 Å². The molecule has 2 aromatic heterocycles. The van der Waals surface area contributed by atoms with Gasteiger partial charge in [-0.15, -0.1) is 11.3 Å².